The van der Waals surface area contributed by atoms with E-state index in [4.69, 9.17) is 20.8 Å². The normalized spacial score (nSPS) is 12.9. The van der Waals surface area contributed by atoms with Crippen molar-refractivity contribution in [2.24, 2.45) is 0 Å². The summed E-state index contributed by atoms with van der Waals surface area (Å²) in [6, 6.07) is 13.1. The first-order valence-corrected chi connectivity index (χ1v) is 8.69. The lowest BCUT2D eigenvalue weighted by atomic mass is 10.2. The first-order chi connectivity index (χ1) is 13.0. The van der Waals surface area contributed by atoms with Crippen LogP contribution in [0.3, 0.4) is 0 Å². The van der Waals surface area contributed by atoms with Crippen LogP contribution in [0, 0.1) is 0 Å². The number of para-hydroxylation sites is 1. The number of esters is 1. The van der Waals surface area contributed by atoms with Gasteiger partial charge in [0, 0.05) is 23.3 Å². The fraction of sp³-hybridized carbons (Fsp3) is 0.150. The van der Waals surface area contributed by atoms with Crippen LogP contribution in [0.5, 0.6) is 0 Å². The van der Waals surface area contributed by atoms with E-state index in [0.29, 0.717) is 11.6 Å². The second kappa shape index (κ2) is 6.89. The monoisotopic (exact) mass is 383 g/mol. The molecule has 1 aliphatic heterocycles. The van der Waals surface area contributed by atoms with E-state index < -0.39 is 18.0 Å². The first-order valence-electron chi connectivity index (χ1n) is 8.32. The van der Waals surface area contributed by atoms with E-state index in [2.05, 4.69) is 0 Å². The van der Waals surface area contributed by atoms with E-state index in [9.17, 15) is 14.4 Å². The Morgan fingerprint density at radius 2 is 1.96 bits per heavy atom. The van der Waals surface area contributed by atoms with Gasteiger partial charge >= 0.3 is 5.97 Å². The largest absolute Gasteiger partial charge is 0.450 e. The maximum absolute atomic E-state index is 12.4. The summed E-state index contributed by atoms with van der Waals surface area (Å²) in [5.74, 6) is -1.46. The highest BCUT2D eigenvalue weighted by Crippen LogP contribution is 2.27. The quantitative estimate of drug-likeness (QED) is 0.649. The molecule has 27 heavy (non-hydrogen) atoms. The van der Waals surface area contributed by atoms with Crippen LogP contribution >= 0.6 is 11.6 Å². The van der Waals surface area contributed by atoms with Gasteiger partial charge in [0.2, 0.25) is 5.76 Å². The Morgan fingerprint density at radius 1 is 1.15 bits per heavy atom. The van der Waals surface area contributed by atoms with Crippen molar-refractivity contribution < 1.29 is 18.7 Å². The molecule has 1 aromatic heterocycles. The Morgan fingerprint density at radius 3 is 2.81 bits per heavy atom. The molecule has 0 fully saturated rings. The van der Waals surface area contributed by atoms with Crippen LogP contribution in [0.2, 0.25) is 5.02 Å². The molecule has 136 valence electrons. The van der Waals surface area contributed by atoms with E-state index in [1.54, 1.807) is 11.0 Å². The predicted molar refractivity (Wildman–Crippen MR) is 100 cm³/mol. The van der Waals surface area contributed by atoms with Crippen molar-refractivity contribution in [2.75, 3.05) is 18.1 Å². The number of amides is 1. The molecule has 0 saturated carbocycles. The zero-order valence-electron chi connectivity index (χ0n) is 14.1. The number of ether oxygens (including phenoxy) is 1. The number of anilines is 1. The highest BCUT2D eigenvalue weighted by Gasteiger charge is 2.25. The lowest BCUT2D eigenvalue weighted by molar-refractivity contribution is -0.121. The van der Waals surface area contributed by atoms with Crippen LogP contribution in [0.1, 0.15) is 16.1 Å². The van der Waals surface area contributed by atoms with Crippen LogP contribution in [-0.4, -0.2) is 25.0 Å². The van der Waals surface area contributed by atoms with Crippen molar-refractivity contribution in [1.82, 2.24) is 0 Å². The molecular weight excluding hydrogens is 370 g/mol. The Labute approximate surface area is 158 Å². The molecule has 6 nitrogen and oxygen atoms in total. The van der Waals surface area contributed by atoms with Crippen molar-refractivity contribution in [3.63, 3.8) is 0 Å². The molecule has 0 spiro atoms. The summed E-state index contributed by atoms with van der Waals surface area (Å²) >= 11 is 5.86. The van der Waals surface area contributed by atoms with Crippen molar-refractivity contribution in [1.29, 1.82) is 0 Å². The van der Waals surface area contributed by atoms with Gasteiger partial charge in [-0.15, -0.1) is 0 Å². The molecule has 0 bridgehead atoms. The van der Waals surface area contributed by atoms with Gasteiger partial charge in [0.05, 0.1) is 5.39 Å². The second-order valence-corrected chi connectivity index (χ2v) is 6.55. The number of rotatable bonds is 3. The number of carbonyl (C=O) groups is 2. The summed E-state index contributed by atoms with van der Waals surface area (Å²) in [4.78, 5) is 38.3. The molecule has 0 N–H and O–H groups in total. The molecule has 0 unspecified atom stereocenters. The molecule has 0 aliphatic carbocycles. The van der Waals surface area contributed by atoms with Gasteiger partial charge in [-0.3, -0.25) is 9.59 Å². The molecule has 0 atom stereocenters. The fourth-order valence-corrected chi connectivity index (χ4v) is 3.27. The molecule has 1 amide bonds. The standard InChI is InChI=1S/C20H14ClNO5/c21-13-5-6-17-14(9-13)16(23)10-18(27-17)20(25)26-11-19(24)22-8-7-12-3-1-2-4-15(12)22/h1-6,9-10H,7-8,11H2. The number of nitrogens with zero attached hydrogens (tertiary/aromatic N) is 1. The Bertz CT molecular complexity index is 1120. The summed E-state index contributed by atoms with van der Waals surface area (Å²) in [7, 11) is 0. The lowest BCUT2D eigenvalue weighted by Gasteiger charge is -2.17. The van der Waals surface area contributed by atoms with Gasteiger partial charge in [-0.2, -0.15) is 0 Å². The maximum atomic E-state index is 12.4. The first kappa shape index (κ1) is 17.3. The third-order valence-electron chi connectivity index (χ3n) is 4.41. The topological polar surface area (TPSA) is 76.8 Å². The van der Waals surface area contributed by atoms with E-state index in [1.165, 1.54) is 12.1 Å². The third-order valence-corrected chi connectivity index (χ3v) is 4.64. The Kier molecular flexibility index (Phi) is 4.41. The van der Waals surface area contributed by atoms with Crippen molar-refractivity contribution in [3.05, 3.63) is 75.1 Å². The summed E-state index contributed by atoms with van der Waals surface area (Å²) in [6.07, 6.45) is 0.762. The number of fused-ring (bicyclic) bond motifs is 2. The molecule has 4 rings (SSSR count). The van der Waals surface area contributed by atoms with Gasteiger partial charge < -0.3 is 14.1 Å². The summed E-state index contributed by atoms with van der Waals surface area (Å²) in [6.45, 7) is 0.108. The number of hydrogen-bond donors (Lipinski definition) is 0. The van der Waals surface area contributed by atoms with Crippen LogP contribution in [0.25, 0.3) is 11.0 Å². The van der Waals surface area contributed by atoms with Crippen molar-refractivity contribution >= 4 is 40.1 Å². The van der Waals surface area contributed by atoms with Gasteiger partial charge in [-0.25, -0.2) is 4.79 Å². The zero-order valence-corrected chi connectivity index (χ0v) is 14.9. The van der Waals surface area contributed by atoms with Gasteiger partial charge in [0.1, 0.15) is 5.58 Å². The smallest absolute Gasteiger partial charge is 0.374 e. The molecular formula is C20H14ClNO5. The van der Waals surface area contributed by atoms with Gasteiger partial charge in [0.25, 0.3) is 5.91 Å². The van der Waals surface area contributed by atoms with Gasteiger partial charge in [-0.05, 0) is 36.2 Å². The summed E-state index contributed by atoms with van der Waals surface area (Å²) in [5.41, 5.74) is 1.72. The minimum Gasteiger partial charge on any atom is -0.450 e. The van der Waals surface area contributed by atoms with E-state index in [0.717, 1.165) is 23.7 Å². The molecule has 2 heterocycles. The lowest BCUT2D eigenvalue weighted by Crippen LogP contribution is -2.33. The Hall–Kier alpha value is -3.12. The zero-order chi connectivity index (χ0) is 19.0. The highest BCUT2D eigenvalue weighted by atomic mass is 35.5. The van der Waals surface area contributed by atoms with Crippen LogP contribution in [0.4, 0.5) is 5.69 Å². The van der Waals surface area contributed by atoms with E-state index in [1.807, 2.05) is 24.3 Å². The van der Waals surface area contributed by atoms with Crippen LogP contribution in [0.15, 0.2) is 57.7 Å². The molecule has 2 aromatic carbocycles. The van der Waals surface area contributed by atoms with Crippen molar-refractivity contribution in [3.8, 4) is 0 Å². The minimum atomic E-state index is -0.871. The number of halogens is 1. The maximum Gasteiger partial charge on any atom is 0.374 e. The molecule has 1 aliphatic rings. The SMILES string of the molecule is O=C(OCC(=O)N1CCc2ccccc21)c1cc(=O)c2cc(Cl)ccc2o1. The number of hydrogen-bond acceptors (Lipinski definition) is 5. The molecule has 7 heteroatoms. The second-order valence-electron chi connectivity index (χ2n) is 6.12. The third kappa shape index (κ3) is 3.31. The summed E-state index contributed by atoms with van der Waals surface area (Å²) in [5, 5.41) is 0.658. The average molecular weight is 384 g/mol. The number of carbonyl (C=O) groups excluding carboxylic acids is 2. The van der Waals surface area contributed by atoms with Crippen LogP contribution < -0.4 is 10.3 Å². The molecule has 0 radical (unpaired) electrons. The summed E-state index contributed by atoms with van der Waals surface area (Å²) < 4.78 is 10.5. The fourth-order valence-electron chi connectivity index (χ4n) is 3.10. The number of benzene rings is 2. The highest BCUT2D eigenvalue weighted by molar-refractivity contribution is 6.31. The predicted octanol–water partition coefficient (Wildman–Crippen LogP) is 3.19. The van der Waals surface area contributed by atoms with Gasteiger partial charge in [-0.1, -0.05) is 29.8 Å². The van der Waals surface area contributed by atoms with E-state index in [-0.39, 0.29) is 22.6 Å². The Balaban J connectivity index is 1.49. The van der Waals surface area contributed by atoms with E-state index >= 15 is 0 Å². The average Bonchev–Trinajstić information content (AvgIpc) is 3.10. The van der Waals surface area contributed by atoms with Crippen LogP contribution in [-0.2, 0) is 16.0 Å². The van der Waals surface area contributed by atoms with Crippen molar-refractivity contribution in [2.45, 2.75) is 6.42 Å². The molecule has 3 aromatic rings. The van der Waals surface area contributed by atoms with Gasteiger partial charge in [0.15, 0.2) is 12.0 Å². The minimum absolute atomic E-state index is 0.221. The molecule has 0 saturated heterocycles.